The number of furan rings is 1. The highest BCUT2D eigenvalue weighted by molar-refractivity contribution is 9.09. The summed E-state index contributed by atoms with van der Waals surface area (Å²) in [7, 11) is 0. The minimum atomic E-state index is -1.97. The maximum absolute atomic E-state index is 14.0. The topological polar surface area (TPSA) is 125 Å². The molecule has 1 saturated carbocycles. The Kier molecular flexibility index (Phi) is 6.42. The van der Waals surface area contributed by atoms with Gasteiger partial charge in [0.1, 0.15) is 18.1 Å². The summed E-state index contributed by atoms with van der Waals surface area (Å²) in [5.41, 5.74) is 1.26. The Morgan fingerprint density at radius 3 is 2.35 bits per heavy atom. The highest BCUT2D eigenvalue weighted by atomic mass is 79.9. The number of anilines is 1. The molecule has 1 N–H and O–H groups in total. The number of hydrogen-bond acceptors (Lipinski definition) is 7. The van der Waals surface area contributed by atoms with E-state index in [4.69, 9.17) is 27.6 Å². The fraction of sp³-hybridized carbons (Fsp3) is 0.393. The number of carbonyl (C=O) groups excluding carboxylic acids is 5. The molecule has 6 unspecified atom stereocenters. The highest BCUT2D eigenvalue weighted by Crippen LogP contribution is 2.65. The Morgan fingerprint density at radius 2 is 1.75 bits per heavy atom. The number of alkyl halides is 3. The number of halogens is 3. The number of imide groups is 2. The monoisotopic (exact) mass is 648 g/mol. The molecule has 4 aliphatic rings. The van der Waals surface area contributed by atoms with Crippen LogP contribution in [-0.2, 0) is 25.8 Å². The fourth-order valence-corrected chi connectivity index (χ4v) is 8.21. The van der Waals surface area contributed by atoms with Gasteiger partial charge in [0.2, 0.25) is 11.8 Å². The largest absolute Gasteiger partial charge is 0.463 e. The fourth-order valence-electron chi connectivity index (χ4n) is 6.80. The van der Waals surface area contributed by atoms with E-state index in [2.05, 4.69) is 15.9 Å². The number of aliphatic hydroxyl groups is 1. The number of hydrogen-bond donors (Lipinski definition) is 1. The highest BCUT2D eigenvalue weighted by Gasteiger charge is 2.76. The van der Waals surface area contributed by atoms with E-state index >= 15 is 0 Å². The first-order valence-electron chi connectivity index (χ1n) is 12.7. The van der Waals surface area contributed by atoms with Crippen molar-refractivity contribution in [1.82, 2.24) is 4.90 Å². The summed E-state index contributed by atoms with van der Waals surface area (Å²) >= 11 is 17.4. The molecule has 0 radical (unpaired) electrons. The van der Waals surface area contributed by atoms with Crippen molar-refractivity contribution in [2.24, 2.45) is 17.8 Å². The number of carbonyl (C=O) groups is 5. The van der Waals surface area contributed by atoms with E-state index in [1.54, 1.807) is 42.5 Å². The number of likely N-dealkylation sites (tertiary alicyclic amines) is 1. The zero-order valence-corrected chi connectivity index (χ0v) is 24.2. The molecule has 0 spiro atoms. The number of ketones is 1. The van der Waals surface area contributed by atoms with Gasteiger partial charge in [0.05, 0.1) is 28.9 Å². The number of aliphatic hydroxyl groups excluding tert-OH is 1. The van der Waals surface area contributed by atoms with Crippen LogP contribution in [0.5, 0.6) is 0 Å². The SMILES string of the molecule is CC(=O)c1ccc(N2C(=O)C3CC=C4C(CC5(Cl)C(=O)N(CBr)C(=O)C5(Cl)C4c4ccc(CO)o4)C3C2=O)cc1. The molecule has 9 nitrogen and oxygen atoms in total. The van der Waals surface area contributed by atoms with Gasteiger partial charge in [-0.25, -0.2) is 0 Å². The van der Waals surface area contributed by atoms with E-state index in [0.29, 0.717) is 16.8 Å². The van der Waals surface area contributed by atoms with Crippen molar-refractivity contribution in [1.29, 1.82) is 0 Å². The van der Waals surface area contributed by atoms with Crippen molar-refractivity contribution in [2.45, 2.75) is 42.0 Å². The van der Waals surface area contributed by atoms with Crippen LogP contribution in [0, 0.1) is 17.8 Å². The van der Waals surface area contributed by atoms with Gasteiger partial charge >= 0.3 is 0 Å². The summed E-state index contributed by atoms with van der Waals surface area (Å²) in [6.45, 7) is 1.03. The van der Waals surface area contributed by atoms with Crippen molar-refractivity contribution in [2.75, 3.05) is 10.4 Å². The Hall–Kier alpha value is -2.79. The molecule has 3 heterocycles. The van der Waals surface area contributed by atoms with Gasteiger partial charge in [0.15, 0.2) is 15.5 Å². The minimum absolute atomic E-state index is 0.127. The van der Waals surface area contributed by atoms with Crippen molar-refractivity contribution in [3.8, 4) is 0 Å². The predicted molar refractivity (Wildman–Crippen MR) is 147 cm³/mol. The van der Waals surface area contributed by atoms with Crippen LogP contribution in [0.1, 0.15) is 47.6 Å². The van der Waals surface area contributed by atoms with E-state index in [1.807, 2.05) is 0 Å². The maximum atomic E-state index is 14.0. The molecule has 0 bridgehead atoms. The molecule has 2 aromatic rings. The van der Waals surface area contributed by atoms with Crippen LogP contribution < -0.4 is 4.90 Å². The summed E-state index contributed by atoms with van der Waals surface area (Å²) in [6, 6.07) is 9.35. The first-order valence-corrected chi connectivity index (χ1v) is 14.6. The summed E-state index contributed by atoms with van der Waals surface area (Å²) in [4.78, 5) is 64.8. The number of fused-ring (bicyclic) bond motifs is 4. The summed E-state index contributed by atoms with van der Waals surface area (Å²) in [5, 5.41) is 9.62. The lowest BCUT2D eigenvalue weighted by Gasteiger charge is -2.49. The lowest BCUT2D eigenvalue weighted by Crippen LogP contribution is -2.60. The molecule has 1 aromatic carbocycles. The smallest absolute Gasteiger partial charge is 0.254 e. The second-order valence-corrected chi connectivity index (χ2v) is 12.3. The van der Waals surface area contributed by atoms with Crippen LogP contribution in [0.25, 0.3) is 0 Å². The molecule has 40 heavy (non-hydrogen) atoms. The molecule has 6 rings (SSSR count). The predicted octanol–water partition coefficient (Wildman–Crippen LogP) is 3.89. The molecular formula is C28H23BrCl2N2O7. The third-order valence-corrected chi connectivity index (χ3v) is 10.6. The standard InChI is InChI=1S/C28H23BrCl2N2O7/c1-13(35)14-2-4-15(5-3-14)33-23(36)18-8-7-17-19(21(18)24(33)37)10-27(30)25(38)32(12-29)26(39)28(27,31)22(17)20-9-6-16(11-34)40-20/h2-7,9,18-19,21-22,34H,8,10-12H2,1H3. The summed E-state index contributed by atoms with van der Waals surface area (Å²) in [6.07, 6.45) is 1.87. The first kappa shape index (κ1) is 27.4. The first-order chi connectivity index (χ1) is 19.0. The number of nitrogens with zero attached hydrogens (tertiary/aromatic N) is 2. The summed E-state index contributed by atoms with van der Waals surface area (Å²) in [5.74, 6) is -5.20. The Morgan fingerprint density at radius 1 is 1.05 bits per heavy atom. The van der Waals surface area contributed by atoms with E-state index in [0.717, 1.165) is 9.80 Å². The molecule has 1 aromatic heterocycles. The van der Waals surface area contributed by atoms with Crippen LogP contribution in [0.4, 0.5) is 5.69 Å². The van der Waals surface area contributed by atoms with Crippen LogP contribution in [0.15, 0.2) is 52.5 Å². The molecule has 12 heteroatoms. The van der Waals surface area contributed by atoms with Crippen LogP contribution >= 0.6 is 39.1 Å². The van der Waals surface area contributed by atoms with E-state index in [9.17, 15) is 29.1 Å². The van der Waals surface area contributed by atoms with Crippen LogP contribution in [0.3, 0.4) is 0 Å². The lowest BCUT2D eigenvalue weighted by atomic mass is 9.57. The lowest BCUT2D eigenvalue weighted by molar-refractivity contribution is -0.138. The van der Waals surface area contributed by atoms with Crippen molar-refractivity contribution >= 4 is 74.2 Å². The molecular weight excluding hydrogens is 627 g/mol. The second kappa shape index (κ2) is 9.37. The zero-order chi connectivity index (χ0) is 28.7. The van der Waals surface area contributed by atoms with Crippen molar-refractivity contribution < 1.29 is 33.5 Å². The van der Waals surface area contributed by atoms with Gasteiger partial charge in [-0.2, -0.15) is 0 Å². The third kappa shape index (κ3) is 3.45. The van der Waals surface area contributed by atoms with E-state index < -0.39 is 57.7 Å². The Labute approximate surface area is 247 Å². The van der Waals surface area contributed by atoms with Gasteiger partial charge in [-0.3, -0.25) is 33.8 Å². The molecule has 3 fully saturated rings. The van der Waals surface area contributed by atoms with Crippen LogP contribution in [0.2, 0.25) is 0 Å². The normalized spacial score (nSPS) is 33.2. The van der Waals surface area contributed by atoms with Crippen molar-refractivity contribution in [3.05, 3.63) is 65.1 Å². The van der Waals surface area contributed by atoms with Gasteiger partial charge in [0.25, 0.3) is 11.8 Å². The van der Waals surface area contributed by atoms with Gasteiger partial charge in [-0.15, -0.1) is 23.2 Å². The van der Waals surface area contributed by atoms with Gasteiger partial charge in [-0.05, 0) is 62.1 Å². The molecule has 4 amide bonds. The van der Waals surface area contributed by atoms with Gasteiger partial charge < -0.3 is 9.52 Å². The molecule has 2 aliphatic carbocycles. The number of rotatable bonds is 5. The minimum Gasteiger partial charge on any atom is -0.463 e. The average Bonchev–Trinajstić information content (AvgIpc) is 3.55. The number of amides is 4. The quantitative estimate of drug-likeness (QED) is 0.171. The van der Waals surface area contributed by atoms with E-state index in [-0.39, 0.29) is 41.5 Å². The van der Waals surface area contributed by atoms with Crippen molar-refractivity contribution in [3.63, 3.8) is 0 Å². The molecule has 2 aliphatic heterocycles. The zero-order valence-electron chi connectivity index (χ0n) is 21.1. The Balaban J connectivity index is 1.47. The Bertz CT molecular complexity index is 1520. The molecule has 6 atom stereocenters. The molecule has 208 valence electrons. The molecule has 2 saturated heterocycles. The second-order valence-electron chi connectivity index (χ2n) is 10.6. The summed E-state index contributed by atoms with van der Waals surface area (Å²) < 4.78 is 5.85. The number of Topliss-reactive ketones (excluding diaryl/α,β-unsaturated/α-hetero) is 1. The van der Waals surface area contributed by atoms with Gasteiger partial charge in [0, 0.05) is 5.56 Å². The van der Waals surface area contributed by atoms with Crippen LogP contribution in [-0.4, -0.2) is 54.6 Å². The third-order valence-electron chi connectivity index (χ3n) is 8.67. The van der Waals surface area contributed by atoms with Gasteiger partial charge in [-0.1, -0.05) is 27.6 Å². The maximum Gasteiger partial charge on any atom is 0.254 e. The number of allylic oxidation sites excluding steroid dienone is 2. The average molecular weight is 650 g/mol. The number of benzene rings is 1. The van der Waals surface area contributed by atoms with E-state index in [1.165, 1.54) is 6.92 Å².